The van der Waals surface area contributed by atoms with E-state index in [-0.39, 0.29) is 0 Å². The second-order valence-electron chi connectivity index (χ2n) is 9.53. The molecule has 0 bridgehead atoms. The molecule has 1 heterocycles. The van der Waals surface area contributed by atoms with Crippen molar-refractivity contribution in [2.24, 2.45) is 0 Å². The maximum atomic E-state index is 14.6. The van der Waals surface area contributed by atoms with E-state index < -0.39 is 7.14 Å². The van der Waals surface area contributed by atoms with Gasteiger partial charge in [-0.1, -0.05) is 121 Å². The van der Waals surface area contributed by atoms with Crippen LogP contribution in [0.3, 0.4) is 0 Å². The molecular weight excluding hydrogens is 481 g/mol. The summed E-state index contributed by atoms with van der Waals surface area (Å²) >= 11 is 0. The van der Waals surface area contributed by atoms with Crippen molar-refractivity contribution in [3.8, 4) is 11.1 Å². The van der Waals surface area contributed by atoms with E-state index in [1.54, 1.807) is 6.20 Å². The molecule has 0 saturated carbocycles. The van der Waals surface area contributed by atoms with Crippen LogP contribution >= 0.6 is 7.14 Å². The van der Waals surface area contributed by atoms with Crippen molar-refractivity contribution in [2.75, 3.05) is 0 Å². The maximum Gasteiger partial charge on any atom is 0.188 e. The number of fused-ring (bicyclic) bond motifs is 6. The van der Waals surface area contributed by atoms with Gasteiger partial charge in [0.05, 0.1) is 0 Å². The Morgan fingerprint density at radius 3 is 1.53 bits per heavy atom. The minimum atomic E-state index is -3.10. The predicted molar refractivity (Wildman–Crippen MR) is 162 cm³/mol. The van der Waals surface area contributed by atoms with E-state index >= 15 is 0 Å². The monoisotopic (exact) mass is 505 g/mol. The van der Waals surface area contributed by atoms with Crippen LogP contribution in [0.2, 0.25) is 0 Å². The molecule has 0 saturated heterocycles. The first kappa shape index (κ1) is 22.7. The van der Waals surface area contributed by atoms with Gasteiger partial charge in [-0.2, -0.15) is 0 Å². The molecule has 0 amide bonds. The van der Waals surface area contributed by atoms with Gasteiger partial charge in [0, 0.05) is 16.8 Å². The number of pyridine rings is 1. The van der Waals surface area contributed by atoms with Crippen LogP contribution in [0.4, 0.5) is 0 Å². The van der Waals surface area contributed by atoms with Crippen LogP contribution in [0.15, 0.2) is 146 Å². The summed E-state index contributed by atoms with van der Waals surface area (Å²) in [5.74, 6) is 0. The first-order valence-electron chi connectivity index (χ1n) is 12.7. The minimum Gasteiger partial charge on any atom is -0.307 e. The van der Waals surface area contributed by atoms with Crippen LogP contribution in [-0.4, -0.2) is 4.98 Å². The van der Waals surface area contributed by atoms with E-state index in [1.807, 2.05) is 60.7 Å². The lowest BCUT2D eigenvalue weighted by Gasteiger charge is -2.19. The van der Waals surface area contributed by atoms with Crippen molar-refractivity contribution in [1.29, 1.82) is 0 Å². The lowest BCUT2D eigenvalue weighted by Crippen LogP contribution is -2.26. The van der Waals surface area contributed by atoms with E-state index in [2.05, 4.69) is 83.8 Å². The third kappa shape index (κ3) is 3.57. The second-order valence-corrected chi connectivity index (χ2v) is 12.2. The molecule has 6 aromatic carbocycles. The minimum absolute atomic E-state index is 0.600. The summed E-state index contributed by atoms with van der Waals surface area (Å²) in [6.07, 6.45) is 1.71. The Morgan fingerprint density at radius 1 is 0.421 bits per heavy atom. The van der Waals surface area contributed by atoms with Gasteiger partial charge in [-0.05, 0) is 61.6 Å². The van der Waals surface area contributed by atoms with Crippen molar-refractivity contribution >= 4 is 55.5 Å². The van der Waals surface area contributed by atoms with Gasteiger partial charge in [-0.25, -0.2) is 0 Å². The van der Waals surface area contributed by atoms with Gasteiger partial charge in [0.15, 0.2) is 7.14 Å². The highest BCUT2D eigenvalue weighted by Crippen LogP contribution is 2.42. The summed E-state index contributed by atoms with van der Waals surface area (Å²) in [5.41, 5.74) is 2.83. The molecule has 0 N–H and O–H groups in total. The van der Waals surface area contributed by atoms with E-state index in [0.29, 0.717) is 5.44 Å². The Balaban J connectivity index is 1.38. The van der Waals surface area contributed by atoms with Gasteiger partial charge in [0.25, 0.3) is 0 Å². The molecule has 2 nitrogen and oxygen atoms in total. The zero-order valence-corrected chi connectivity index (χ0v) is 21.6. The number of hydrogen-bond donors (Lipinski definition) is 0. The standard InChI is InChI=1S/C35H24NOP/c37-38(27-10-2-1-3-11-27,35-16-8-9-23-36-35)28-20-17-25(18-21-28)26-19-22-33-31-14-5-4-12-29(31)30-13-6-7-15-32(30)34(33)24-26/h1-24H. The molecule has 3 heteroatoms. The average Bonchev–Trinajstić information content (AvgIpc) is 3.01. The molecule has 0 spiro atoms. The first-order chi connectivity index (χ1) is 18.7. The topological polar surface area (TPSA) is 30.0 Å². The van der Waals surface area contributed by atoms with Crippen molar-refractivity contribution in [2.45, 2.75) is 0 Å². The number of rotatable bonds is 4. The molecule has 0 radical (unpaired) electrons. The summed E-state index contributed by atoms with van der Waals surface area (Å²) in [6.45, 7) is 0. The van der Waals surface area contributed by atoms with Crippen molar-refractivity contribution in [3.63, 3.8) is 0 Å². The fourth-order valence-corrected chi connectivity index (χ4v) is 8.06. The van der Waals surface area contributed by atoms with Gasteiger partial charge in [-0.15, -0.1) is 0 Å². The number of benzene rings is 6. The SMILES string of the molecule is O=P(c1ccccc1)(c1ccc(-c2ccc3c4ccccc4c4ccccc4c3c2)cc1)c1ccccn1. The average molecular weight is 506 g/mol. The zero-order chi connectivity index (χ0) is 25.5. The Hall–Kier alpha value is -4.52. The Bertz CT molecular complexity index is 1900. The van der Waals surface area contributed by atoms with Gasteiger partial charge in [0.2, 0.25) is 0 Å². The maximum absolute atomic E-state index is 14.6. The highest BCUT2D eigenvalue weighted by Gasteiger charge is 2.30. The lowest BCUT2D eigenvalue weighted by molar-refractivity contribution is 0.592. The molecule has 0 fully saturated rings. The van der Waals surface area contributed by atoms with Gasteiger partial charge >= 0.3 is 0 Å². The highest BCUT2D eigenvalue weighted by atomic mass is 31.2. The second kappa shape index (κ2) is 9.10. The van der Waals surface area contributed by atoms with E-state index in [4.69, 9.17) is 0 Å². The van der Waals surface area contributed by atoms with Crippen LogP contribution in [0.1, 0.15) is 0 Å². The Labute approximate surface area is 221 Å². The third-order valence-electron chi connectivity index (χ3n) is 7.40. The molecule has 0 aliphatic rings. The summed E-state index contributed by atoms with van der Waals surface area (Å²) in [7, 11) is -3.10. The number of nitrogens with zero attached hydrogens (tertiary/aromatic N) is 1. The summed E-state index contributed by atoms with van der Waals surface area (Å²) in [5, 5.41) is 9.12. The zero-order valence-electron chi connectivity index (χ0n) is 20.7. The molecule has 38 heavy (non-hydrogen) atoms. The van der Waals surface area contributed by atoms with Crippen LogP contribution < -0.4 is 16.0 Å². The van der Waals surface area contributed by atoms with Crippen molar-refractivity contribution in [3.05, 3.63) is 146 Å². The van der Waals surface area contributed by atoms with E-state index in [1.165, 1.54) is 32.3 Å². The fraction of sp³-hybridized carbons (Fsp3) is 0. The smallest absolute Gasteiger partial charge is 0.188 e. The van der Waals surface area contributed by atoms with Gasteiger partial charge < -0.3 is 4.57 Å². The van der Waals surface area contributed by atoms with E-state index in [9.17, 15) is 4.57 Å². The molecule has 7 rings (SSSR count). The highest BCUT2D eigenvalue weighted by molar-refractivity contribution is 7.85. The largest absolute Gasteiger partial charge is 0.307 e. The predicted octanol–water partition coefficient (Wildman–Crippen LogP) is 7.85. The van der Waals surface area contributed by atoms with Crippen molar-refractivity contribution in [1.82, 2.24) is 4.98 Å². The summed E-state index contributed by atoms with van der Waals surface area (Å²) in [6, 6.07) is 47.4. The fourth-order valence-electron chi connectivity index (χ4n) is 5.54. The molecule has 1 unspecified atom stereocenters. The van der Waals surface area contributed by atoms with Crippen LogP contribution in [0.5, 0.6) is 0 Å². The number of aromatic nitrogens is 1. The third-order valence-corrected chi connectivity index (χ3v) is 10.4. The molecule has 1 atom stereocenters. The molecular formula is C35H24NOP. The molecule has 0 aliphatic heterocycles. The normalized spacial score (nSPS) is 13.1. The number of hydrogen-bond acceptors (Lipinski definition) is 2. The summed E-state index contributed by atoms with van der Waals surface area (Å²) < 4.78 is 14.6. The first-order valence-corrected chi connectivity index (χ1v) is 14.5. The Kier molecular flexibility index (Phi) is 5.43. The molecule has 0 aliphatic carbocycles. The summed E-state index contributed by atoms with van der Waals surface area (Å²) in [4.78, 5) is 4.51. The van der Waals surface area contributed by atoms with Crippen molar-refractivity contribution < 1.29 is 4.57 Å². The van der Waals surface area contributed by atoms with Crippen LogP contribution in [0.25, 0.3) is 43.4 Å². The van der Waals surface area contributed by atoms with Crippen LogP contribution in [-0.2, 0) is 4.57 Å². The Morgan fingerprint density at radius 2 is 0.921 bits per heavy atom. The van der Waals surface area contributed by atoms with E-state index in [0.717, 1.165) is 21.7 Å². The quantitative estimate of drug-likeness (QED) is 0.180. The lowest BCUT2D eigenvalue weighted by atomic mass is 9.92. The van der Waals surface area contributed by atoms with Gasteiger partial charge in [0.1, 0.15) is 5.44 Å². The van der Waals surface area contributed by atoms with Gasteiger partial charge in [-0.3, -0.25) is 4.98 Å². The van der Waals surface area contributed by atoms with Crippen LogP contribution in [0, 0.1) is 0 Å². The molecule has 1 aromatic heterocycles. The molecule has 180 valence electrons. The molecule has 7 aromatic rings.